The topological polar surface area (TPSA) is 68.2 Å². The smallest absolute Gasteiger partial charge is 0.320 e. The largest absolute Gasteiger partial charge is 0.497 e. The molecule has 3 aromatic rings. The Labute approximate surface area is 150 Å². The number of rotatable bonds is 5. The predicted octanol–water partition coefficient (Wildman–Crippen LogP) is 3.48. The molecule has 0 bridgehead atoms. The van der Waals surface area contributed by atoms with Gasteiger partial charge in [-0.05, 0) is 29.8 Å². The van der Waals surface area contributed by atoms with E-state index in [9.17, 15) is 9.18 Å². The van der Waals surface area contributed by atoms with E-state index in [1.807, 2.05) is 35.9 Å². The Morgan fingerprint density at radius 2 is 1.92 bits per heavy atom. The molecule has 1 unspecified atom stereocenters. The second-order valence-corrected chi connectivity index (χ2v) is 5.68. The minimum atomic E-state index is -0.529. The number of aromatic nitrogens is 2. The molecule has 0 saturated carbocycles. The maximum Gasteiger partial charge on any atom is 0.320 e. The Kier molecular flexibility index (Phi) is 5.17. The maximum absolute atomic E-state index is 13.8. The molecule has 1 heterocycles. The summed E-state index contributed by atoms with van der Waals surface area (Å²) < 4.78 is 20.8. The molecule has 0 fully saturated rings. The Morgan fingerprint density at radius 3 is 2.54 bits per heavy atom. The zero-order chi connectivity index (χ0) is 18.5. The molecule has 7 heteroatoms. The van der Waals surface area contributed by atoms with E-state index < -0.39 is 17.9 Å². The number of methoxy groups -OCH3 is 1. The van der Waals surface area contributed by atoms with E-state index in [0.717, 1.165) is 5.56 Å². The first-order valence-corrected chi connectivity index (χ1v) is 8.01. The van der Waals surface area contributed by atoms with Crippen LogP contribution in [-0.4, -0.2) is 22.7 Å². The van der Waals surface area contributed by atoms with Gasteiger partial charge in [0.2, 0.25) is 0 Å². The maximum atomic E-state index is 13.8. The fraction of sp³-hybridized carbons (Fsp3) is 0.158. The number of para-hydroxylation sites is 1. The Bertz CT molecular complexity index is 893. The van der Waals surface area contributed by atoms with Gasteiger partial charge in [0.1, 0.15) is 23.4 Å². The van der Waals surface area contributed by atoms with Crippen LogP contribution in [-0.2, 0) is 7.05 Å². The van der Waals surface area contributed by atoms with E-state index >= 15 is 0 Å². The number of urea groups is 1. The molecule has 1 aromatic heterocycles. The molecule has 0 aliphatic heterocycles. The van der Waals surface area contributed by atoms with E-state index in [1.54, 1.807) is 31.6 Å². The molecule has 134 valence electrons. The fourth-order valence-electron chi connectivity index (χ4n) is 2.60. The van der Waals surface area contributed by atoms with E-state index in [1.165, 1.54) is 12.1 Å². The van der Waals surface area contributed by atoms with Crippen LogP contribution in [0.4, 0.5) is 14.9 Å². The minimum absolute atomic E-state index is 0.110. The van der Waals surface area contributed by atoms with Crippen molar-refractivity contribution < 1.29 is 13.9 Å². The van der Waals surface area contributed by atoms with Crippen molar-refractivity contribution in [2.24, 2.45) is 7.05 Å². The van der Waals surface area contributed by atoms with Crippen molar-refractivity contribution in [3.8, 4) is 5.75 Å². The van der Waals surface area contributed by atoms with Gasteiger partial charge in [0.05, 0.1) is 12.8 Å². The number of carbonyl (C=O) groups excluding carboxylic acids is 1. The summed E-state index contributed by atoms with van der Waals surface area (Å²) in [6.45, 7) is 0. The van der Waals surface area contributed by atoms with Gasteiger partial charge in [0, 0.05) is 19.4 Å². The average Bonchev–Trinajstić information content (AvgIpc) is 3.07. The number of anilines is 1. The number of hydrogen-bond donors (Lipinski definition) is 2. The van der Waals surface area contributed by atoms with Crippen LogP contribution in [0.1, 0.15) is 17.4 Å². The Balaban J connectivity index is 1.85. The van der Waals surface area contributed by atoms with Crippen molar-refractivity contribution in [1.82, 2.24) is 14.9 Å². The zero-order valence-electron chi connectivity index (χ0n) is 14.4. The SMILES string of the molecule is COc1ccc(C(NC(=O)Nc2ccccc2F)c2nccn2C)cc1. The molecular weight excluding hydrogens is 335 g/mol. The number of halogens is 1. The molecule has 0 aliphatic rings. The van der Waals surface area contributed by atoms with Crippen molar-refractivity contribution >= 4 is 11.7 Å². The summed E-state index contributed by atoms with van der Waals surface area (Å²) in [6.07, 6.45) is 3.45. The van der Waals surface area contributed by atoms with E-state index in [2.05, 4.69) is 15.6 Å². The van der Waals surface area contributed by atoms with Crippen LogP contribution in [0.2, 0.25) is 0 Å². The highest BCUT2D eigenvalue weighted by Gasteiger charge is 2.21. The molecular formula is C19H19FN4O2. The summed E-state index contributed by atoms with van der Waals surface area (Å²) in [5, 5.41) is 5.38. The summed E-state index contributed by atoms with van der Waals surface area (Å²) >= 11 is 0. The number of hydrogen-bond acceptors (Lipinski definition) is 3. The molecule has 0 radical (unpaired) electrons. The second-order valence-electron chi connectivity index (χ2n) is 5.68. The molecule has 3 rings (SSSR count). The number of benzene rings is 2. The highest BCUT2D eigenvalue weighted by atomic mass is 19.1. The Hall–Kier alpha value is -3.35. The number of nitrogens with zero attached hydrogens (tertiary/aromatic N) is 2. The fourth-order valence-corrected chi connectivity index (χ4v) is 2.60. The highest BCUT2D eigenvalue weighted by molar-refractivity contribution is 5.89. The van der Waals surface area contributed by atoms with Crippen LogP contribution in [0, 0.1) is 5.82 Å². The summed E-state index contributed by atoms with van der Waals surface area (Å²) in [4.78, 5) is 16.8. The van der Waals surface area contributed by atoms with Gasteiger partial charge in [0.15, 0.2) is 0 Å². The van der Waals surface area contributed by atoms with Crippen LogP contribution in [0.5, 0.6) is 5.75 Å². The summed E-state index contributed by atoms with van der Waals surface area (Å²) in [5.41, 5.74) is 0.933. The number of amides is 2. The van der Waals surface area contributed by atoms with Crippen molar-refractivity contribution in [3.63, 3.8) is 0 Å². The number of imidazole rings is 1. The lowest BCUT2D eigenvalue weighted by molar-refractivity contribution is 0.249. The van der Waals surface area contributed by atoms with Crippen LogP contribution >= 0.6 is 0 Å². The van der Waals surface area contributed by atoms with Gasteiger partial charge in [0.25, 0.3) is 0 Å². The predicted molar refractivity (Wildman–Crippen MR) is 96.6 cm³/mol. The van der Waals surface area contributed by atoms with Gasteiger partial charge in [-0.1, -0.05) is 24.3 Å². The third kappa shape index (κ3) is 3.83. The lowest BCUT2D eigenvalue weighted by Crippen LogP contribution is -2.34. The molecule has 6 nitrogen and oxygen atoms in total. The number of aryl methyl sites for hydroxylation is 1. The quantitative estimate of drug-likeness (QED) is 0.737. The minimum Gasteiger partial charge on any atom is -0.497 e. The molecule has 0 spiro atoms. The standard InChI is InChI=1S/C19H19FN4O2/c1-24-12-11-21-18(24)17(13-7-9-14(26-2)10-8-13)23-19(25)22-16-6-4-3-5-15(16)20/h3-12,17H,1-2H3,(H2,22,23,25). The normalized spacial score (nSPS) is 11.7. The van der Waals surface area contributed by atoms with E-state index in [4.69, 9.17) is 4.74 Å². The molecule has 2 amide bonds. The summed E-state index contributed by atoms with van der Waals surface area (Å²) in [5.74, 6) is 0.864. The van der Waals surface area contributed by atoms with Gasteiger partial charge >= 0.3 is 6.03 Å². The molecule has 1 atom stereocenters. The van der Waals surface area contributed by atoms with E-state index in [0.29, 0.717) is 11.6 Å². The van der Waals surface area contributed by atoms with Gasteiger partial charge in [-0.15, -0.1) is 0 Å². The molecule has 2 aromatic carbocycles. The zero-order valence-corrected chi connectivity index (χ0v) is 14.4. The highest BCUT2D eigenvalue weighted by Crippen LogP contribution is 2.23. The molecule has 26 heavy (non-hydrogen) atoms. The molecule has 2 N–H and O–H groups in total. The van der Waals surface area contributed by atoms with E-state index in [-0.39, 0.29) is 5.69 Å². The van der Waals surface area contributed by atoms with Crippen LogP contribution in [0.3, 0.4) is 0 Å². The van der Waals surface area contributed by atoms with Gasteiger partial charge < -0.3 is 19.9 Å². The third-order valence-electron chi connectivity index (χ3n) is 3.96. The lowest BCUT2D eigenvalue weighted by Gasteiger charge is -2.20. The number of carbonyl (C=O) groups is 1. The second kappa shape index (κ2) is 7.69. The van der Waals surface area contributed by atoms with Crippen molar-refractivity contribution in [2.75, 3.05) is 12.4 Å². The molecule has 0 saturated heterocycles. The number of ether oxygens (including phenoxy) is 1. The van der Waals surface area contributed by atoms with Crippen LogP contribution in [0.15, 0.2) is 60.9 Å². The summed E-state index contributed by atoms with van der Waals surface area (Å²) in [7, 11) is 3.43. The number of nitrogens with one attached hydrogen (secondary N) is 2. The monoisotopic (exact) mass is 354 g/mol. The third-order valence-corrected chi connectivity index (χ3v) is 3.96. The Morgan fingerprint density at radius 1 is 1.19 bits per heavy atom. The van der Waals surface area contributed by atoms with Gasteiger partial charge in [-0.2, -0.15) is 0 Å². The molecule has 0 aliphatic carbocycles. The van der Waals surface area contributed by atoms with Crippen molar-refractivity contribution in [3.05, 3.63) is 78.1 Å². The van der Waals surface area contributed by atoms with Crippen molar-refractivity contribution in [2.45, 2.75) is 6.04 Å². The first-order valence-electron chi connectivity index (χ1n) is 8.01. The van der Waals surface area contributed by atoms with Crippen molar-refractivity contribution in [1.29, 1.82) is 0 Å². The van der Waals surface area contributed by atoms with Crippen LogP contribution < -0.4 is 15.4 Å². The van der Waals surface area contributed by atoms with Gasteiger partial charge in [-0.3, -0.25) is 0 Å². The first-order chi connectivity index (χ1) is 12.6. The summed E-state index contributed by atoms with van der Waals surface area (Å²) in [6, 6.07) is 12.3. The average molecular weight is 354 g/mol. The lowest BCUT2D eigenvalue weighted by atomic mass is 10.1. The van der Waals surface area contributed by atoms with Crippen LogP contribution in [0.25, 0.3) is 0 Å². The first kappa shape index (κ1) is 17.5. The van der Waals surface area contributed by atoms with Gasteiger partial charge in [-0.25, -0.2) is 14.2 Å².